The van der Waals surface area contributed by atoms with E-state index in [1.807, 2.05) is 0 Å². The van der Waals surface area contributed by atoms with Gasteiger partial charge in [0.15, 0.2) is 0 Å². The van der Waals surface area contributed by atoms with Gasteiger partial charge in [0.2, 0.25) is 0 Å². The number of carboxylic acids is 1. The maximum atomic E-state index is 10.9. The highest BCUT2D eigenvalue weighted by Gasteiger charge is 2.09. The molecule has 2 heterocycles. The molecule has 100 valence electrons. The number of aromatic carboxylic acids is 1. The van der Waals surface area contributed by atoms with Crippen LogP contribution >= 0.6 is 11.3 Å². The first kappa shape index (κ1) is 13.5. The van der Waals surface area contributed by atoms with Gasteiger partial charge in [0, 0.05) is 4.88 Å². The van der Waals surface area contributed by atoms with E-state index >= 15 is 0 Å². The fourth-order valence-corrected chi connectivity index (χ4v) is 2.81. The van der Waals surface area contributed by atoms with Gasteiger partial charge in [-0.3, -0.25) is 0 Å². The summed E-state index contributed by atoms with van der Waals surface area (Å²) in [6.45, 7) is 4.56. The second-order valence-corrected chi connectivity index (χ2v) is 5.21. The maximum Gasteiger partial charge on any atom is 0.337 e. The highest BCUT2D eigenvalue weighted by Crippen LogP contribution is 2.19. The molecule has 5 heteroatoms. The zero-order valence-corrected chi connectivity index (χ0v) is 11.8. The molecule has 0 bridgehead atoms. The Bertz CT molecular complexity index is 593. The second kappa shape index (κ2) is 5.84. The van der Waals surface area contributed by atoms with Gasteiger partial charge < -0.3 is 10.4 Å². The quantitative estimate of drug-likeness (QED) is 0.879. The number of rotatable bonds is 5. The van der Waals surface area contributed by atoms with Crippen molar-refractivity contribution in [3.63, 3.8) is 0 Å². The summed E-state index contributed by atoms with van der Waals surface area (Å²) < 4.78 is 0. The van der Waals surface area contributed by atoms with Crippen LogP contribution in [0.3, 0.4) is 0 Å². The zero-order chi connectivity index (χ0) is 13.8. The van der Waals surface area contributed by atoms with Crippen molar-refractivity contribution in [2.45, 2.75) is 26.8 Å². The number of nitrogens with zero attached hydrogens (tertiary/aromatic N) is 1. The van der Waals surface area contributed by atoms with E-state index < -0.39 is 5.97 Å². The van der Waals surface area contributed by atoms with Crippen LogP contribution in [0, 0.1) is 6.92 Å². The molecule has 0 aliphatic carbocycles. The molecule has 19 heavy (non-hydrogen) atoms. The molecule has 0 radical (unpaired) electrons. The predicted octanol–water partition coefficient (Wildman–Crippen LogP) is 3.32. The van der Waals surface area contributed by atoms with Gasteiger partial charge in [-0.25, -0.2) is 9.78 Å². The number of carboxylic acid groups (broad SMARTS) is 1. The van der Waals surface area contributed by atoms with Crippen molar-refractivity contribution in [2.24, 2.45) is 0 Å². The standard InChI is InChI=1S/C14H16N2O2S/c1-3-10-6-7-19-12(10)8-15-13-5-4-11(14(17)18)9(2)16-13/h4-7H,3,8H2,1-2H3,(H,15,16)(H,17,18). The summed E-state index contributed by atoms with van der Waals surface area (Å²) in [6, 6.07) is 5.42. The Morgan fingerprint density at radius 3 is 2.84 bits per heavy atom. The van der Waals surface area contributed by atoms with E-state index in [0.29, 0.717) is 11.5 Å². The normalized spacial score (nSPS) is 10.4. The highest BCUT2D eigenvalue weighted by atomic mass is 32.1. The molecule has 2 N–H and O–H groups in total. The Morgan fingerprint density at radius 2 is 2.21 bits per heavy atom. The van der Waals surface area contributed by atoms with Crippen molar-refractivity contribution in [3.05, 3.63) is 45.3 Å². The van der Waals surface area contributed by atoms with E-state index in [0.717, 1.165) is 13.0 Å². The van der Waals surface area contributed by atoms with Gasteiger partial charge >= 0.3 is 5.97 Å². The van der Waals surface area contributed by atoms with Crippen molar-refractivity contribution in [1.29, 1.82) is 0 Å². The van der Waals surface area contributed by atoms with E-state index in [1.165, 1.54) is 10.4 Å². The lowest BCUT2D eigenvalue weighted by Crippen LogP contribution is -2.06. The van der Waals surface area contributed by atoms with Crippen LogP contribution in [0.15, 0.2) is 23.6 Å². The number of aromatic nitrogens is 1. The van der Waals surface area contributed by atoms with Gasteiger partial charge in [-0.05, 0) is 42.5 Å². The topological polar surface area (TPSA) is 62.2 Å². The lowest BCUT2D eigenvalue weighted by atomic mass is 10.2. The lowest BCUT2D eigenvalue weighted by Gasteiger charge is -2.08. The van der Waals surface area contributed by atoms with Crippen LogP contribution in [0.1, 0.15) is 33.4 Å². The molecule has 0 unspecified atom stereocenters. The molecule has 0 amide bonds. The Morgan fingerprint density at radius 1 is 1.42 bits per heavy atom. The average Bonchev–Trinajstić information content (AvgIpc) is 2.83. The van der Waals surface area contributed by atoms with Crippen LogP contribution in [0.5, 0.6) is 0 Å². The predicted molar refractivity (Wildman–Crippen MR) is 77.0 cm³/mol. The van der Waals surface area contributed by atoms with E-state index in [-0.39, 0.29) is 5.56 Å². The minimum atomic E-state index is -0.942. The molecule has 4 nitrogen and oxygen atoms in total. The fraction of sp³-hybridized carbons (Fsp3) is 0.286. The fourth-order valence-electron chi connectivity index (χ4n) is 1.89. The third kappa shape index (κ3) is 3.12. The average molecular weight is 276 g/mol. The van der Waals surface area contributed by atoms with Crippen LogP contribution in [-0.4, -0.2) is 16.1 Å². The Hall–Kier alpha value is -1.88. The summed E-state index contributed by atoms with van der Waals surface area (Å²) in [5.74, 6) is -0.235. The van der Waals surface area contributed by atoms with Crippen molar-refractivity contribution in [2.75, 3.05) is 5.32 Å². The summed E-state index contributed by atoms with van der Waals surface area (Å²) in [4.78, 5) is 16.5. The number of hydrogen-bond acceptors (Lipinski definition) is 4. The van der Waals surface area contributed by atoms with E-state index in [2.05, 4.69) is 28.7 Å². The van der Waals surface area contributed by atoms with Gasteiger partial charge in [-0.1, -0.05) is 6.92 Å². The van der Waals surface area contributed by atoms with Crippen LogP contribution < -0.4 is 5.32 Å². The monoisotopic (exact) mass is 276 g/mol. The van der Waals surface area contributed by atoms with Crippen molar-refractivity contribution < 1.29 is 9.90 Å². The van der Waals surface area contributed by atoms with Gasteiger partial charge in [0.25, 0.3) is 0 Å². The number of nitrogens with one attached hydrogen (secondary N) is 1. The molecule has 2 rings (SSSR count). The van der Waals surface area contributed by atoms with E-state index in [1.54, 1.807) is 30.4 Å². The molecular formula is C14H16N2O2S. The molecule has 0 aliphatic heterocycles. The SMILES string of the molecule is CCc1ccsc1CNc1ccc(C(=O)O)c(C)n1. The molecule has 0 aliphatic rings. The van der Waals surface area contributed by atoms with Crippen molar-refractivity contribution in [3.8, 4) is 0 Å². The smallest absolute Gasteiger partial charge is 0.337 e. The Balaban J connectivity index is 2.08. The molecule has 2 aromatic heterocycles. The van der Waals surface area contributed by atoms with Gasteiger partial charge in [0.05, 0.1) is 17.8 Å². The molecule has 0 aromatic carbocycles. The van der Waals surface area contributed by atoms with Crippen LogP contribution in [0.2, 0.25) is 0 Å². The molecule has 2 aromatic rings. The Kier molecular flexibility index (Phi) is 4.16. The van der Waals surface area contributed by atoms with E-state index in [9.17, 15) is 4.79 Å². The largest absolute Gasteiger partial charge is 0.478 e. The summed E-state index contributed by atoms with van der Waals surface area (Å²) >= 11 is 1.72. The number of thiophene rings is 1. The van der Waals surface area contributed by atoms with Crippen LogP contribution in [-0.2, 0) is 13.0 Å². The first-order valence-corrected chi connectivity index (χ1v) is 6.99. The summed E-state index contributed by atoms with van der Waals surface area (Å²) in [5.41, 5.74) is 2.12. The van der Waals surface area contributed by atoms with Gasteiger partial charge in [-0.15, -0.1) is 11.3 Å². The minimum absolute atomic E-state index is 0.246. The summed E-state index contributed by atoms with van der Waals surface area (Å²) in [7, 11) is 0. The number of hydrogen-bond donors (Lipinski definition) is 2. The van der Waals surface area contributed by atoms with Crippen LogP contribution in [0.4, 0.5) is 5.82 Å². The van der Waals surface area contributed by atoms with Crippen molar-refractivity contribution >= 4 is 23.1 Å². The number of pyridine rings is 1. The van der Waals surface area contributed by atoms with E-state index in [4.69, 9.17) is 5.11 Å². The summed E-state index contributed by atoms with van der Waals surface area (Å²) in [5, 5.41) is 14.3. The first-order valence-electron chi connectivity index (χ1n) is 6.12. The molecule has 0 saturated carbocycles. The molecule has 0 spiro atoms. The third-order valence-electron chi connectivity index (χ3n) is 2.96. The first-order chi connectivity index (χ1) is 9.11. The third-order valence-corrected chi connectivity index (χ3v) is 3.93. The number of carbonyl (C=O) groups is 1. The highest BCUT2D eigenvalue weighted by molar-refractivity contribution is 7.10. The number of aryl methyl sites for hydroxylation is 2. The minimum Gasteiger partial charge on any atom is -0.478 e. The number of anilines is 1. The maximum absolute atomic E-state index is 10.9. The molecule has 0 saturated heterocycles. The van der Waals surface area contributed by atoms with Crippen molar-refractivity contribution in [1.82, 2.24) is 4.98 Å². The molecule has 0 atom stereocenters. The lowest BCUT2D eigenvalue weighted by molar-refractivity contribution is 0.0695. The molecule has 0 fully saturated rings. The Labute approximate surface area is 116 Å². The van der Waals surface area contributed by atoms with Gasteiger partial charge in [-0.2, -0.15) is 0 Å². The second-order valence-electron chi connectivity index (χ2n) is 4.21. The van der Waals surface area contributed by atoms with Crippen LogP contribution in [0.25, 0.3) is 0 Å². The molecular weight excluding hydrogens is 260 g/mol. The summed E-state index contributed by atoms with van der Waals surface area (Å²) in [6.07, 6.45) is 1.02. The zero-order valence-electron chi connectivity index (χ0n) is 10.9. The van der Waals surface area contributed by atoms with Gasteiger partial charge in [0.1, 0.15) is 5.82 Å².